The smallest absolute Gasteiger partial charge is 0.398 e. The fraction of sp³-hybridized carbons (Fsp3) is 0.955. The standard InChI is InChI=1S/C22H44O6S/c1-3-5-7-8-9-10-11-12-13-14-15-16-17-18-20-27-22(23)21(19-6-4-2)28-29(24,25)26/h21H,3-20H2,1-2H3,(H,24,25,26). The van der Waals surface area contributed by atoms with Crippen LogP contribution < -0.4 is 0 Å². The summed E-state index contributed by atoms with van der Waals surface area (Å²) in [6.45, 7) is 4.43. The minimum absolute atomic E-state index is 0.216. The molecular weight excluding hydrogens is 392 g/mol. The first-order chi connectivity index (χ1) is 13.9. The Hall–Kier alpha value is -0.660. The van der Waals surface area contributed by atoms with Gasteiger partial charge in [-0.1, -0.05) is 110 Å². The highest BCUT2D eigenvalue weighted by Crippen LogP contribution is 2.14. The van der Waals surface area contributed by atoms with Gasteiger partial charge in [0, 0.05) is 0 Å². The molecule has 0 amide bonds. The van der Waals surface area contributed by atoms with E-state index in [0.29, 0.717) is 6.42 Å². The molecule has 0 aliphatic carbocycles. The first-order valence-corrected chi connectivity index (χ1v) is 13.1. The number of hydrogen-bond donors (Lipinski definition) is 1. The molecule has 7 heteroatoms. The molecule has 1 atom stereocenters. The first-order valence-electron chi connectivity index (χ1n) is 11.7. The van der Waals surface area contributed by atoms with Crippen LogP contribution in [0, 0.1) is 0 Å². The molecule has 0 fully saturated rings. The number of carbonyl (C=O) groups is 1. The van der Waals surface area contributed by atoms with Crippen LogP contribution in [0.1, 0.15) is 123 Å². The Morgan fingerprint density at radius 1 is 0.724 bits per heavy atom. The highest BCUT2D eigenvalue weighted by Gasteiger charge is 2.25. The van der Waals surface area contributed by atoms with E-state index in [0.717, 1.165) is 25.7 Å². The van der Waals surface area contributed by atoms with E-state index in [-0.39, 0.29) is 13.0 Å². The molecule has 0 heterocycles. The Bertz CT molecular complexity index is 478. The topological polar surface area (TPSA) is 89.9 Å². The van der Waals surface area contributed by atoms with Gasteiger partial charge < -0.3 is 4.74 Å². The molecule has 0 radical (unpaired) electrons. The molecule has 0 saturated heterocycles. The predicted molar refractivity (Wildman–Crippen MR) is 117 cm³/mol. The Kier molecular flexibility index (Phi) is 18.9. The van der Waals surface area contributed by atoms with Gasteiger partial charge in [0.1, 0.15) is 0 Å². The van der Waals surface area contributed by atoms with Gasteiger partial charge in [-0.15, -0.1) is 0 Å². The van der Waals surface area contributed by atoms with Crippen molar-refractivity contribution in [2.75, 3.05) is 6.61 Å². The lowest BCUT2D eigenvalue weighted by molar-refractivity contribution is -0.152. The lowest BCUT2D eigenvalue weighted by Gasteiger charge is -2.14. The molecule has 0 aromatic rings. The summed E-state index contributed by atoms with van der Waals surface area (Å²) in [5.41, 5.74) is 0. The normalized spacial score (nSPS) is 12.8. The van der Waals surface area contributed by atoms with Crippen LogP contribution >= 0.6 is 0 Å². The molecule has 1 unspecified atom stereocenters. The molecule has 0 rings (SSSR count). The van der Waals surface area contributed by atoms with E-state index in [1.54, 1.807) is 0 Å². The number of hydrogen-bond acceptors (Lipinski definition) is 5. The Morgan fingerprint density at radius 2 is 1.14 bits per heavy atom. The Morgan fingerprint density at radius 3 is 1.55 bits per heavy atom. The fourth-order valence-corrected chi connectivity index (χ4v) is 3.77. The first kappa shape index (κ1) is 28.3. The number of esters is 1. The summed E-state index contributed by atoms with van der Waals surface area (Å²) in [5.74, 6) is -0.717. The molecule has 1 N–H and O–H groups in total. The minimum Gasteiger partial charge on any atom is -0.464 e. The molecule has 0 aliphatic rings. The van der Waals surface area contributed by atoms with Crippen molar-refractivity contribution in [3.05, 3.63) is 0 Å². The van der Waals surface area contributed by atoms with Crippen molar-refractivity contribution < 1.29 is 26.7 Å². The third-order valence-corrected chi connectivity index (χ3v) is 5.54. The van der Waals surface area contributed by atoms with Gasteiger partial charge in [-0.25, -0.2) is 8.98 Å². The molecule has 6 nitrogen and oxygen atoms in total. The summed E-state index contributed by atoms with van der Waals surface area (Å²) in [6, 6.07) is 0. The maximum atomic E-state index is 11.9. The van der Waals surface area contributed by atoms with Crippen LogP contribution in [0.25, 0.3) is 0 Å². The van der Waals surface area contributed by atoms with Gasteiger partial charge in [0.15, 0.2) is 6.10 Å². The predicted octanol–water partition coefficient (Wildman–Crippen LogP) is 6.39. The van der Waals surface area contributed by atoms with E-state index in [4.69, 9.17) is 9.29 Å². The third kappa shape index (κ3) is 20.4. The monoisotopic (exact) mass is 436 g/mol. The summed E-state index contributed by atoms with van der Waals surface area (Å²) >= 11 is 0. The number of unbranched alkanes of at least 4 members (excludes halogenated alkanes) is 14. The zero-order valence-corrected chi connectivity index (χ0v) is 19.5. The molecule has 0 bridgehead atoms. The molecule has 29 heavy (non-hydrogen) atoms. The number of ether oxygens (including phenoxy) is 1. The third-order valence-electron chi connectivity index (χ3n) is 5.06. The summed E-state index contributed by atoms with van der Waals surface area (Å²) < 4.78 is 40.0. The van der Waals surface area contributed by atoms with Gasteiger partial charge in [-0.3, -0.25) is 4.55 Å². The minimum atomic E-state index is -4.66. The van der Waals surface area contributed by atoms with E-state index in [2.05, 4.69) is 11.1 Å². The Balaban J connectivity index is 3.57. The second-order valence-electron chi connectivity index (χ2n) is 7.92. The SMILES string of the molecule is CCCCCCCCCCCCCCCCOC(=O)C(CCCC)OS(=O)(=O)O. The summed E-state index contributed by atoms with van der Waals surface area (Å²) in [5, 5.41) is 0. The lowest BCUT2D eigenvalue weighted by Crippen LogP contribution is -2.29. The number of rotatable bonds is 21. The maximum absolute atomic E-state index is 11.9. The maximum Gasteiger partial charge on any atom is 0.398 e. The van der Waals surface area contributed by atoms with Crippen molar-refractivity contribution >= 4 is 16.4 Å². The van der Waals surface area contributed by atoms with Crippen LogP contribution in [0.5, 0.6) is 0 Å². The van der Waals surface area contributed by atoms with Crippen molar-refractivity contribution in [3.8, 4) is 0 Å². The molecule has 0 aliphatic heterocycles. The average molecular weight is 437 g/mol. The molecule has 0 aromatic carbocycles. The van der Waals surface area contributed by atoms with Crippen molar-refractivity contribution in [2.45, 2.75) is 129 Å². The number of carbonyl (C=O) groups excluding carboxylic acids is 1. The van der Waals surface area contributed by atoms with Crippen molar-refractivity contribution in [1.29, 1.82) is 0 Å². The zero-order valence-electron chi connectivity index (χ0n) is 18.7. The van der Waals surface area contributed by atoms with Crippen LogP contribution in [-0.2, 0) is 24.1 Å². The second-order valence-corrected chi connectivity index (χ2v) is 8.97. The summed E-state index contributed by atoms with van der Waals surface area (Å²) in [6.07, 6.45) is 17.9. The van der Waals surface area contributed by atoms with Crippen molar-refractivity contribution in [3.63, 3.8) is 0 Å². The van der Waals surface area contributed by atoms with Gasteiger partial charge >= 0.3 is 16.4 Å². The van der Waals surface area contributed by atoms with Gasteiger partial charge in [0.05, 0.1) is 6.61 Å². The van der Waals surface area contributed by atoms with Crippen molar-refractivity contribution in [1.82, 2.24) is 0 Å². The second kappa shape index (κ2) is 19.3. The van der Waals surface area contributed by atoms with Crippen LogP contribution in [-0.4, -0.2) is 31.7 Å². The van der Waals surface area contributed by atoms with Crippen LogP contribution in [0.4, 0.5) is 0 Å². The summed E-state index contributed by atoms with van der Waals surface area (Å²) in [7, 11) is -4.66. The summed E-state index contributed by atoms with van der Waals surface area (Å²) in [4.78, 5) is 11.9. The Labute approximate surface area is 179 Å². The van der Waals surface area contributed by atoms with Gasteiger partial charge in [0.25, 0.3) is 0 Å². The molecule has 0 spiro atoms. The molecular formula is C22H44O6S. The molecule has 0 saturated carbocycles. The van der Waals surface area contributed by atoms with Crippen molar-refractivity contribution in [2.24, 2.45) is 0 Å². The van der Waals surface area contributed by atoms with Gasteiger partial charge in [0.2, 0.25) is 0 Å². The fourth-order valence-electron chi connectivity index (χ4n) is 3.30. The van der Waals surface area contributed by atoms with Gasteiger partial charge in [-0.05, 0) is 12.8 Å². The quantitative estimate of drug-likeness (QED) is 0.127. The van der Waals surface area contributed by atoms with E-state index in [1.807, 2.05) is 6.92 Å². The highest BCUT2D eigenvalue weighted by atomic mass is 32.3. The van der Waals surface area contributed by atoms with Crippen LogP contribution in [0.15, 0.2) is 0 Å². The van der Waals surface area contributed by atoms with Crippen LogP contribution in [0.2, 0.25) is 0 Å². The van der Waals surface area contributed by atoms with E-state index in [1.165, 1.54) is 70.6 Å². The lowest BCUT2D eigenvalue weighted by atomic mass is 10.0. The zero-order chi connectivity index (χ0) is 21.8. The average Bonchev–Trinajstić information content (AvgIpc) is 2.67. The highest BCUT2D eigenvalue weighted by molar-refractivity contribution is 7.80. The van der Waals surface area contributed by atoms with Crippen LogP contribution in [0.3, 0.4) is 0 Å². The van der Waals surface area contributed by atoms with E-state index < -0.39 is 22.5 Å². The largest absolute Gasteiger partial charge is 0.464 e. The van der Waals surface area contributed by atoms with Gasteiger partial charge in [-0.2, -0.15) is 8.42 Å². The molecule has 174 valence electrons. The van der Waals surface area contributed by atoms with E-state index >= 15 is 0 Å². The molecule has 0 aromatic heterocycles. The van der Waals surface area contributed by atoms with E-state index in [9.17, 15) is 13.2 Å².